The van der Waals surface area contributed by atoms with Crippen molar-refractivity contribution in [2.75, 3.05) is 5.32 Å². The third-order valence-electron chi connectivity index (χ3n) is 2.55. The lowest BCUT2D eigenvalue weighted by Gasteiger charge is -2.14. The van der Waals surface area contributed by atoms with Crippen LogP contribution in [0.2, 0.25) is 0 Å². The number of hydrogen-bond donors (Lipinski definition) is 2. The number of benzene rings is 1. The van der Waals surface area contributed by atoms with Gasteiger partial charge in [0.1, 0.15) is 5.69 Å². The molecule has 0 fully saturated rings. The van der Waals surface area contributed by atoms with Gasteiger partial charge in [-0.1, -0.05) is 30.3 Å². The van der Waals surface area contributed by atoms with E-state index in [2.05, 4.69) is 15.3 Å². The van der Waals surface area contributed by atoms with Gasteiger partial charge in [-0.15, -0.1) is 0 Å². The molecule has 1 aromatic carbocycles. The van der Waals surface area contributed by atoms with Gasteiger partial charge in [0.15, 0.2) is 0 Å². The summed E-state index contributed by atoms with van der Waals surface area (Å²) in [5.41, 5.74) is 6.49. The number of carbonyl (C=O) groups is 1. The van der Waals surface area contributed by atoms with Crippen LogP contribution in [0.15, 0.2) is 42.6 Å². The number of amides is 1. The zero-order valence-electron chi connectivity index (χ0n) is 10.00. The van der Waals surface area contributed by atoms with Crippen molar-refractivity contribution in [1.82, 2.24) is 9.97 Å². The molecule has 2 aromatic rings. The molecule has 5 nitrogen and oxygen atoms in total. The van der Waals surface area contributed by atoms with Crippen LogP contribution in [0.1, 0.15) is 29.0 Å². The first kappa shape index (κ1) is 12.0. The van der Waals surface area contributed by atoms with Crippen LogP contribution in [-0.4, -0.2) is 15.9 Å². The molecule has 3 N–H and O–H groups in total. The van der Waals surface area contributed by atoms with Crippen LogP contribution >= 0.6 is 0 Å². The van der Waals surface area contributed by atoms with Crippen LogP contribution in [0.3, 0.4) is 0 Å². The van der Waals surface area contributed by atoms with Gasteiger partial charge >= 0.3 is 0 Å². The van der Waals surface area contributed by atoms with Crippen molar-refractivity contribution in [1.29, 1.82) is 0 Å². The van der Waals surface area contributed by atoms with E-state index >= 15 is 0 Å². The lowest BCUT2D eigenvalue weighted by molar-refractivity contribution is 0.0995. The first-order valence-corrected chi connectivity index (χ1v) is 5.61. The van der Waals surface area contributed by atoms with Crippen LogP contribution in [0.25, 0.3) is 0 Å². The number of aromatic nitrogens is 2. The third-order valence-corrected chi connectivity index (χ3v) is 2.55. The van der Waals surface area contributed by atoms with E-state index in [0.29, 0.717) is 5.95 Å². The number of rotatable bonds is 4. The molecule has 0 bridgehead atoms. The molecule has 2 rings (SSSR count). The largest absolute Gasteiger partial charge is 0.364 e. The summed E-state index contributed by atoms with van der Waals surface area (Å²) in [7, 11) is 0. The Morgan fingerprint density at radius 1 is 1.28 bits per heavy atom. The van der Waals surface area contributed by atoms with E-state index in [-0.39, 0.29) is 11.7 Å². The second-order valence-electron chi connectivity index (χ2n) is 3.91. The molecule has 0 aliphatic carbocycles. The Morgan fingerprint density at radius 3 is 2.67 bits per heavy atom. The van der Waals surface area contributed by atoms with Crippen LogP contribution < -0.4 is 11.1 Å². The molecule has 1 amide bonds. The lowest BCUT2D eigenvalue weighted by atomic mass is 10.1. The molecule has 0 saturated carbocycles. The Bertz CT molecular complexity index is 542. The van der Waals surface area contributed by atoms with Gasteiger partial charge in [-0.05, 0) is 18.6 Å². The Labute approximate surface area is 105 Å². The van der Waals surface area contributed by atoms with E-state index in [0.717, 1.165) is 5.56 Å². The van der Waals surface area contributed by atoms with Crippen LogP contribution in [0, 0.1) is 0 Å². The Hall–Kier alpha value is -2.43. The zero-order valence-corrected chi connectivity index (χ0v) is 10.00. The Morgan fingerprint density at radius 2 is 2.00 bits per heavy atom. The molecule has 18 heavy (non-hydrogen) atoms. The topological polar surface area (TPSA) is 80.9 Å². The molecule has 1 heterocycles. The Balaban J connectivity index is 2.14. The molecule has 1 aromatic heterocycles. The highest BCUT2D eigenvalue weighted by atomic mass is 16.1. The van der Waals surface area contributed by atoms with Gasteiger partial charge in [-0.3, -0.25) is 4.79 Å². The standard InChI is InChI=1S/C13H14N4O/c1-9(10-5-3-2-4-6-10)16-13-15-8-7-11(17-13)12(14)18/h2-9H,1H3,(H2,14,18)(H,15,16,17)/t9-/m0/s1. The van der Waals surface area contributed by atoms with Crippen molar-refractivity contribution in [3.63, 3.8) is 0 Å². The number of nitrogens with two attached hydrogens (primary N) is 1. The molecular formula is C13H14N4O. The summed E-state index contributed by atoms with van der Waals surface area (Å²) in [5, 5.41) is 3.12. The van der Waals surface area contributed by atoms with Gasteiger partial charge in [0.05, 0.1) is 6.04 Å². The smallest absolute Gasteiger partial charge is 0.267 e. The molecule has 0 saturated heterocycles. The predicted molar refractivity (Wildman–Crippen MR) is 69.0 cm³/mol. The second kappa shape index (κ2) is 5.27. The summed E-state index contributed by atoms with van der Waals surface area (Å²) >= 11 is 0. The zero-order chi connectivity index (χ0) is 13.0. The maximum Gasteiger partial charge on any atom is 0.267 e. The summed E-state index contributed by atoms with van der Waals surface area (Å²) in [5.74, 6) is -0.171. The second-order valence-corrected chi connectivity index (χ2v) is 3.91. The summed E-state index contributed by atoms with van der Waals surface area (Å²) < 4.78 is 0. The van der Waals surface area contributed by atoms with Crippen molar-refractivity contribution in [3.8, 4) is 0 Å². The summed E-state index contributed by atoms with van der Waals surface area (Å²) in [4.78, 5) is 19.1. The first-order chi connectivity index (χ1) is 8.66. The fraction of sp³-hybridized carbons (Fsp3) is 0.154. The molecule has 0 unspecified atom stereocenters. The number of primary amides is 1. The normalized spacial score (nSPS) is 11.8. The van der Waals surface area contributed by atoms with Crippen molar-refractivity contribution >= 4 is 11.9 Å². The number of hydrogen-bond acceptors (Lipinski definition) is 4. The number of anilines is 1. The monoisotopic (exact) mass is 242 g/mol. The molecular weight excluding hydrogens is 228 g/mol. The van der Waals surface area contributed by atoms with Crippen LogP contribution in [-0.2, 0) is 0 Å². The number of nitrogens with one attached hydrogen (secondary N) is 1. The van der Waals surface area contributed by atoms with E-state index < -0.39 is 5.91 Å². The highest BCUT2D eigenvalue weighted by Crippen LogP contribution is 2.15. The summed E-state index contributed by atoms with van der Waals surface area (Å²) in [6.07, 6.45) is 1.51. The van der Waals surface area contributed by atoms with Crippen molar-refractivity contribution in [2.45, 2.75) is 13.0 Å². The fourth-order valence-corrected chi connectivity index (χ4v) is 1.58. The van der Waals surface area contributed by atoms with Gasteiger partial charge in [0, 0.05) is 6.20 Å². The maximum absolute atomic E-state index is 11.0. The maximum atomic E-state index is 11.0. The molecule has 1 atom stereocenters. The van der Waals surface area contributed by atoms with E-state index in [9.17, 15) is 4.79 Å². The molecule has 0 spiro atoms. The van der Waals surface area contributed by atoms with Gasteiger partial charge < -0.3 is 11.1 Å². The van der Waals surface area contributed by atoms with Gasteiger partial charge in [-0.2, -0.15) is 0 Å². The van der Waals surface area contributed by atoms with Crippen molar-refractivity contribution in [2.24, 2.45) is 5.73 Å². The van der Waals surface area contributed by atoms with Gasteiger partial charge in [0.25, 0.3) is 5.91 Å². The average molecular weight is 242 g/mol. The molecule has 92 valence electrons. The SMILES string of the molecule is C[C@H](Nc1nccc(C(N)=O)n1)c1ccccc1. The Kier molecular flexibility index (Phi) is 3.52. The minimum atomic E-state index is -0.562. The highest BCUT2D eigenvalue weighted by Gasteiger charge is 2.08. The van der Waals surface area contributed by atoms with Gasteiger partial charge in [-0.25, -0.2) is 9.97 Å². The van der Waals surface area contributed by atoms with E-state index in [1.165, 1.54) is 12.3 Å². The van der Waals surface area contributed by atoms with Crippen molar-refractivity contribution < 1.29 is 4.79 Å². The van der Waals surface area contributed by atoms with Crippen molar-refractivity contribution in [3.05, 3.63) is 53.9 Å². The summed E-state index contributed by atoms with van der Waals surface area (Å²) in [6, 6.07) is 11.4. The molecule has 0 aliphatic rings. The third kappa shape index (κ3) is 2.82. The fourth-order valence-electron chi connectivity index (χ4n) is 1.58. The lowest BCUT2D eigenvalue weighted by Crippen LogP contribution is -2.16. The average Bonchev–Trinajstić information content (AvgIpc) is 2.40. The number of carbonyl (C=O) groups excluding carboxylic acids is 1. The van der Waals surface area contributed by atoms with E-state index in [1.54, 1.807) is 0 Å². The summed E-state index contributed by atoms with van der Waals surface area (Å²) in [6.45, 7) is 2.00. The molecule has 0 radical (unpaired) electrons. The molecule has 5 heteroatoms. The predicted octanol–water partition coefficient (Wildman–Crippen LogP) is 1.75. The molecule has 0 aliphatic heterocycles. The highest BCUT2D eigenvalue weighted by molar-refractivity contribution is 5.90. The van der Waals surface area contributed by atoms with E-state index in [1.807, 2.05) is 37.3 Å². The minimum Gasteiger partial charge on any atom is -0.364 e. The number of nitrogens with zero attached hydrogens (tertiary/aromatic N) is 2. The van der Waals surface area contributed by atoms with E-state index in [4.69, 9.17) is 5.73 Å². The van der Waals surface area contributed by atoms with Gasteiger partial charge in [0.2, 0.25) is 5.95 Å². The minimum absolute atomic E-state index is 0.0503. The quantitative estimate of drug-likeness (QED) is 0.855. The van der Waals surface area contributed by atoms with Crippen LogP contribution in [0.4, 0.5) is 5.95 Å². The van der Waals surface area contributed by atoms with Crippen LogP contribution in [0.5, 0.6) is 0 Å². The first-order valence-electron chi connectivity index (χ1n) is 5.61.